The highest BCUT2D eigenvalue weighted by atomic mass is 15.2. The molecule has 1 aliphatic rings. The van der Waals surface area contributed by atoms with Crippen molar-refractivity contribution >= 4 is 17.0 Å². The highest BCUT2D eigenvalue weighted by Crippen LogP contribution is 2.31. The summed E-state index contributed by atoms with van der Waals surface area (Å²) < 4.78 is 2.29. The largest absolute Gasteiger partial charge is 0.356 e. The van der Waals surface area contributed by atoms with Crippen molar-refractivity contribution < 1.29 is 0 Å². The molecule has 1 aromatic carbocycles. The number of hydrogen-bond acceptors (Lipinski definition) is 2. The number of aliphatic imine (C=N–C) groups is 1. The molecule has 2 N–H and O–H groups in total. The SMILES string of the molecule is CN=C(NCCCn1c(C)nc2ccccc21)NCCC1CC1. The van der Waals surface area contributed by atoms with Crippen LogP contribution in [0.3, 0.4) is 0 Å². The fraction of sp³-hybridized carbons (Fsp3) is 0.556. The number of imidazole rings is 1. The number of benzene rings is 1. The van der Waals surface area contributed by atoms with Crippen molar-refractivity contribution in [2.24, 2.45) is 10.9 Å². The molecule has 1 saturated carbocycles. The zero-order valence-corrected chi connectivity index (χ0v) is 14.2. The number of fused-ring (bicyclic) bond motifs is 1. The van der Waals surface area contributed by atoms with Crippen LogP contribution < -0.4 is 10.6 Å². The second-order valence-electron chi connectivity index (χ2n) is 6.31. The zero-order valence-electron chi connectivity index (χ0n) is 14.2. The molecular weight excluding hydrogens is 286 g/mol. The number of nitrogens with one attached hydrogen (secondary N) is 2. The highest BCUT2D eigenvalue weighted by Gasteiger charge is 2.20. The van der Waals surface area contributed by atoms with E-state index < -0.39 is 0 Å². The quantitative estimate of drug-likeness (QED) is 0.469. The van der Waals surface area contributed by atoms with Crippen molar-refractivity contribution in [2.45, 2.75) is 39.2 Å². The second kappa shape index (κ2) is 7.49. The van der Waals surface area contributed by atoms with E-state index in [-0.39, 0.29) is 0 Å². The molecule has 124 valence electrons. The van der Waals surface area contributed by atoms with E-state index >= 15 is 0 Å². The standard InChI is InChI=1S/C18H27N5/c1-14-22-16-6-3-4-7-17(16)23(14)13-5-11-20-18(19-2)21-12-10-15-8-9-15/h3-4,6-7,15H,5,8-13H2,1-2H3,(H2,19,20,21). The van der Waals surface area contributed by atoms with Crippen molar-refractivity contribution in [1.82, 2.24) is 20.2 Å². The summed E-state index contributed by atoms with van der Waals surface area (Å²) in [5, 5.41) is 6.79. The van der Waals surface area contributed by atoms with Gasteiger partial charge >= 0.3 is 0 Å². The van der Waals surface area contributed by atoms with Crippen LogP contribution in [-0.4, -0.2) is 35.6 Å². The maximum Gasteiger partial charge on any atom is 0.190 e. The van der Waals surface area contributed by atoms with Gasteiger partial charge in [0.15, 0.2) is 5.96 Å². The molecule has 0 unspecified atom stereocenters. The fourth-order valence-electron chi connectivity index (χ4n) is 2.94. The normalized spacial score (nSPS) is 15.1. The summed E-state index contributed by atoms with van der Waals surface area (Å²) in [6, 6.07) is 8.33. The third kappa shape index (κ3) is 4.24. The summed E-state index contributed by atoms with van der Waals surface area (Å²) in [4.78, 5) is 8.90. The van der Waals surface area contributed by atoms with Crippen LogP contribution in [0.15, 0.2) is 29.3 Å². The lowest BCUT2D eigenvalue weighted by atomic mass is 10.3. The Kier molecular flexibility index (Phi) is 5.16. The van der Waals surface area contributed by atoms with E-state index in [1.807, 2.05) is 13.1 Å². The van der Waals surface area contributed by atoms with Gasteiger partial charge in [-0.05, 0) is 37.8 Å². The Morgan fingerprint density at radius 2 is 2.04 bits per heavy atom. The second-order valence-corrected chi connectivity index (χ2v) is 6.31. The van der Waals surface area contributed by atoms with Gasteiger partial charge < -0.3 is 15.2 Å². The smallest absolute Gasteiger partial charge is 0.190 e. The Morgan fingerprint density at radius 3 is 2.83 bits per heavy atom. The van der Waals surface area contributed by atoms with Crippen molar-refractivity contribution in [3.8, 4) is 0 Å². The molecule has 1 heterocycles. The maximum atomic E-state index is 4.61. The van der Waals surface area contributed by atoms with Gasteiger partial charge in [0.25, 0.3) is 0 Å². The summed E-state index contributed by atoms with van der Waals surface area (Å²) in [6.45, 7) is 4.98. The lowest BCUT2D eigenvalue weighted by molar-refractivity contribution is 0.620. The predicted molar refractivity (Wildman–Crippen MR) is 95.8 cm³/mol. The molecular formula is C18H27N5. The summed E-state index contributed by atoms with van der Waals surface area (Å²) in [6.07, 6.45) is 5.13. The van der Waals surface area contributed by atoms with Gasteiger partial charge in [0.2, 0.25) is 0 Å². The number of guanidine groups is 1. The van der Waals surface area contributed by atoms with Crippen molar-refractivity contribution in [3.63, 3.8) is 0 Å². The molecule has 5 nitrogen and oxygen atoms in total. The minimum Gasteiger partial charge on any atom is -0.356 e. The average Bonchev–Trinajstić information content (AvgIpc) is 3.33. The van der Waals surface area contributed by atoms with Crippen LogP contribution in [0, 0.1) is 12.8 Å². The Hall–Kier alpha value is -2.04. The molecule has 3 rings (SSSR count). The van der Waals surface area contributed by atoms with Gasteiger partial charge in [0.05, 0.1) is 11.0 Å². The first-order valence-corrected chi connectivity index (χ1v) is 8.64. The number of aryl methyl sites for hydroxylation is 2. The van der Waals surface area contributed by atoms with Gasteiger partial charge in [-0.25, -0.2) is 4.98 Å². The summed E-state index contributed by atoms with van der Waals surface area (Å²) in [5.41, 5.74) is 2.30. The van der Waals surface area contributed by atoms with Crippen molar-refractivity contribution in [2.75, 3.05) is 20.1 Å². The number of nitrogens with zero attached hydrogens (tertiary/aromatic N) is 3. The van der Waals surface area contributed by atoms with Gasteiger partial charge in [-0.1, -0.05) is 25.0 Å². The lowest BCUT2D eigenvalue weighted by Crippen LogP contribution is -2.38. The molecule has 0 aliphatic heterocycles. The van der Waals surface area contributed by atoms with Gasteiger partial charge in [0, 0.05) is 26.7 Å². The van der Waals surface area contributed by atoms with Gasteiger partial charge in [-0.15, -0.1) is 0 Å². The lowest BCUT2D eigenvalue weighted by Gasteiger charge is -2.12. The third-order valence-corrected chi connectivity index (χ3v) is 4.46. The molecule has 0 spiro atoms. The monoisotopic (exact) mass is 313 g/mol. The van der Waals surface area contributed by atoms with E-state index in [4.69, 9.17) is 0 Å². The van der Waals surface area contributed by atoms with Crippen LogP contribution in [-0.2, 0) is 6.54 Å². The number of rotatable bonds is 7. The topological polar surface area (TPSA) is 54.2 Å². The van der Waals surface area contributed by atoms with Gasteiger partial charge in [0.1, 0.15) is 5.82 Å². The highest BCUT2D eigenvalue weighted by molar-refractivity contribution is 5.79. The molecule has 2 aromatic rings. The summed E-state index contributed by atoms with van der Waals surface area (Å²) in [7, 11) is 1.83. The van der Waals surface area contributed by atoms with E-state index in [0.717, 1.165) is 49.3 Å². The molecule has 1 fully saturated rings. The Bertz CT molecular complexity index is 669. The van der Waals surface area contributed by atoms with Crippen LogP contribution in [0.2, 0.25) is 0 Å². The van der Waals surface area contributed by atoms with Crippen molar-refractivity contribution in [1.29, 1.82) is 0 Å². The van der Waals surface area contributed by atoms with E-state index in [1.54, 1.807) is 0 Å². The molecule has 1 aromatic heterocycles. The van der Waals surface area contributed by atoms with Crippen LogP contribution in [0.25, 0.3) is 11.0 Å². The van der Waals surface area contributed by atoms with Crippen LogP contribution >= 0.6 is 0 Å². The third-order valence-electron chi connectivity index (χ3n) is 4.46. The van der Waals surface area contributed by atoms with Crippen LogP contribution in [0.1, 0.15) is 31.5 Å². The number of aromatic nitrogens is 2. The average molecular weight is 313 g/mol. The van der Waals surface area contributed by atoms with E-state index in [1.165, 1.54) is 24.8 Å². The summed E-state index contributed by atoms with van der Waals surface area (Å²) >= 11 is 0. The first kappa shape index (κ1) is 15.8. The first-order valence-electron chi connectivity index (χ1n) is 8.64. The Labute approximate surface area is 138 Å². The minimum absolute atomic E-state index is 0.912. The predicted octanol–water partition coefficient (Wildman–Crippen LogP) is 2.70. The molecule has 1 aliphatic carbocycles. The Morgan fingerprint density at radius 1 is 1.26 bits per heavy atom. The molecule has 0 radical (unpaired) electrons. The molecule has 23 heavy (non-hydrogen) atoms. The number of para-hydroxylation sites is 2. The van der Waals surface area contributed by atoms with Gasteiger partial charge in [-0.2, -0.15) is 0 Å². The summed E-state index contributed by atoms with van der Waals surface area (Å²) in [5.74, 6) is 2.95. The van der Waals surface area contributed by atoms with E-state index in [2.05, 4.69) is 50.3 Å². The van der Waals surface area contributed by atoms with Crippen LogP contribution in [0.4, 0.5) is 0 Å². The molecule has 0 bridgehead atoms. The number of hydrogen-bond donors (Lipinski definition) is 2. The maximum absolute atomic E-state index is 4.61. The Balaban J connectivity index is 1.43. The molecule has 5 heteroatoms. The van der Waals surface area contributed by atoms with Gasteiger partial charge in [-0.3, -0.25) is 4.99 Å². The fourth-order valence-corrected chi connectivity index (χ4v) is 2.94. The molecule has 0 atom stereocenters. The molecule has 0 saturated heterocycles. The van der Waals surface area contributed by atoms with Crippen LogP contribution in [0.5, 0.6) is 0 Å². The van der Waals surface area contributed by atoms with E-state index in [9.17, 15) is 0 Å². The zero-order chi connectivity index (χ0) is 16.1. The first-order chi connectivity index (χ1) is 11.3. The molecule has 0 amide bonds. The van der Waals surface area contributed by atoms with E-state index in [0.29, 0.717) is 0 Å². The minimum atomic E-state index is 0.912. The van der Waals surface area contributed by atoms with Crippen molar-refractivity contribution in [3.05, 3.63) is 30.1 Å².